The SMILES string of the molecule is CC(C(=O)NC(C(=O)N1CCC2C1C(OCc1ccc(F)cc1)=CN2C(=O)NCc1ccccc1)C(C)(C)C)N(C)C(=O)OCc1ccccc1. The zero-order valence-corrected chi connectivity index (χ0v) is 29.7. The third kappa shape index (κ3) is 9.05. The summed E-state index contributed by atoms with van der Waals surface area (Å²) in [5.41, 5.74) is 1.75. The standard InChI is InChI=1S/C39H46FN5O6/c1-26(43(5)38(49)51-25-28-14-10-7-11-15-28)35(46)42-34(39(2,3)4)36(47)44-21-20-31-33(44)32(50-24-29-16-18-30(40)19-17-29)23-45(31)37(48)41-22-27-12-8-6-9-13-27/h6-19,23,26,31,33-34H,20-22,24-25H2,1-5H3,(H,41,48)(H,42,46). The molecule has 0 saturated carbocycles. The van der Waals surface area contributed by atoms with Crippen molar-refractivity contribution in [3.05, 3.63) is 119 Å². The van der Waals surface area contributed by atoms with Crippen LogP contribution in [0.25, 0.3) is 0 Å². The third-order valence-electron chi connectivity index (χ3n) is 9.26. The number of rotatable bonds is 11. The van der Waals surface area contributed by atoms with E-state index in [1.807, 2.05) is 81.4 Å². The highest BCUT2D eigenvalue weighted by Crippen LogP contribution is 2.37. The van der Waals surface area contributed by atoms with E-state index < -0.39 is 41.6 Å². The van der Waals surface area contributed by atoms with Gasteiger partial charge >= 0.3 is 12.1 Å². The molecule has 4 atom stereocenters. The van der Waals surface area contributed by atoms with Crippen molar-refractivity contribution in [2.45, 2.75) is 78.0 Å². The largest absolute Gasteiger partial charge is 0.489 e. The number of likely N-dealkylation sites (tertiary alicyclic amines) is 1. The number of nitrogens with zero attached hydrogens (tertiary/aromatic N) is 3. The van der Waals surface area contributed by atoms with Gasteiger partial charge in [-0.1, -0.05) is 93.6 Å². The van der Waals surface area contributed by atoms with Crippen LogP contribution in [0.4, 0.5) is 14.0 Å². The van der Waals surface area contributed by atoms with E-state index >= 15 is 0 Å². The Bertz CT molecular complexity index is 1710. The predicted molar refractivity (Wildman–Crippen MR) is 189 cm³/mol. The molecule has 270 valence electrons. The Labute approximate surface area is 298 Å². The van der Waals surface area contributed by atoms with Crippen molar-refractivity contribution in [3.8, 4) is 0 Å². The number of carbonyl (C=O) groups is 4. The van der Waals surface area contributed by atoms with Gasteiger partial charge in [0.25, 0.3) is 0 Å². The molecular weight excluding hydrogens is 653 g/mol. The fourth-order valence-corrected chi connectivity index (χ4v) is 6.14. The van der Waals surface area contributed by atoms with E-state index in [4.69, 9.17) is 9.47 Å². The van der Waals surface area contributed by atoms with Crippen LogP contribution in [-0.4, -0.2) is 76.4 Å². The Balaban J connectivity index is 1.30. The van der Waals surface area contributed by atoms with E-state index in [9.17, 15) is 23.6 Å². The average molecular weight is 700 g/mol. The molecule has 5 amide bonds. The summed E-state index contributed by atoms with van der Waals surface area (Å²) in [5, 5.41) is 5.87. The van der Waals surface area contributed by atoms with E-state index in [-0.39, 0.29) is 31.0 Å². The van der Waals surface area contributed by atoms with Gasteiger partial charge < -0.3 is 25.0 Å². The van der Waals surface area contributed by atoms with Crippen LogP contribution in [0.1, 0.15) is 50.8 Å². The lowest BCUT2D eigenvalue weighted by Gasteiger charge is -2.37. The summed E-state index contributed by atoms with van der Waals surface area (Å²) in [4.78, 5) is 58.8. The van der Waals surface area contributed by atoms with Crippen molar-refractivity contribution in [1.29, 1.82) is 0 Å². The zero-order chi connectivity index (χ0) is 36.7. The first-order valence-corrected chi connectivity index (χ1v) is 17.1. The molecule has 12 heteroatoms. The molecular formula is C39H46FN5O6. The van der Waals surface area contributed by atoms with Crippen LogP contribution in [0, 0.1) is 11.2 Å². The normalized spacial score (nSPS) is 17.9. The highest BCUT2D eigenvalue weighted by Gasteiger charge is 2.51. The summed E-state index contributed by atoms with van der Waals surface area (Å²) in [5.74, 6) is -0.812. The molecule has 0 radical (unpaired) electrons. The Morgan fingerprint density at radius 1 is 0.902 bits per heavy atom. The molecule has 1 fully saturated rings. The summed E-state index contributed by atoms with van der Waals surface area (Å²) in [6, 6.07) is 21.4. The summed E-state index contributed by atoms with van der Waals surface area (Å²) in [6.07, 6.45) is 1.43. The van der Waals surface area contributed by atoms with E-state index in [0.29, 0.717) is 25.3 Å². The molecule has 2 N–H and O–H groups in total. The van der Waals surface area contributed by atoms with Crippen molar-refractivity contribution >= 4 is 23.9 Å². The van der Waals surface area contributed by atoms with Gasteiger partial charge in [-0.15, -0.1) is 0 Å². The maximum atomic E-state index is 14.5. The van der Waals surface area contributed by atoms with E-state index in [0.717, 1.165) is 16.7 Å². The number of urea groups is 1. The van der Waals surface area contributed by atoms with Crippen LogP contribution >= 0.6 is 0 Å². The van der Waals surface area contributed by atoms with E-state index in [1.165, 1.54) is 24.1 Å². The number of ether oxygens (including phenoxy) is 2. The number of fused-ring (bicyclic) bond motifs is 1. The monoisotopic (exact) mass is 699 g/mol. The van der Waals surface area contributed by atoms with Gasteiger partial charge in [0, 0.05) is 26.3 Å². The van der Waals surface area contributed by atoms with Gasteiger partial charge in [0.2, 0.25) is 11.8 Å². The highest BCUT2D eigenvalue weighted by atomic mass is 19.1. The van der Waals surface area contributed by atoms with Crippen LogP contribution in [0.5, 0.6) is 0 Å². The first-order valence-electron chi connectivity index (χ1n) is 17.1. The molecule has 3 aromatic rings. The molecule has 2 heterocycles. The summed E-state index contributed by atoms with van der Waals surface area (Å²) < 4.78 is 25.2. The predicted octanol–water partition coefficient (Wildman–Crippen LogP) is 5.57. The second kappa shape index (κ2) is 16.1. The molecule has 0 aromatic heterocycles. The minimum Gasteiger partial charge on any atom is -0.489 e. The van der Waals surface area contributed by atoms with Crippen molar-refractivity contribution < 1.29 is 33.0 Å². The van der Waals surface area contributed by atoms with Crippen molar-refractivity contribution in [3.63, 3.8) is 0 Å². The first kappa shape index (κ1) is 36.9. The van der Waals surface area contributed by atoms with Crippen LogP contribution in [-0.2, 0) is 38.8 Å². The zero-order valence-electron chi connectivity index (χ0n) is 29.7. The van der Waals surface area contributed by atoms with Gasteiger partial charge in [-0.05, 0) is 47.6 Å². The van der Waals surface area contributed by atoms with Crippen LogP contribution in [0.2, 0.25) is 0 Å². The molecule has 3 aromatic carbocycles. The van der Waals surface area contributed by atoms with Crippen LogP contribution in [0.15, 0.2) is 96.9 Å². The molecule has 11 nitrogen and oxygen atoms in total. The van der Waals surface area contributed by atoms with Crippen molar-refractivity contribution in [2.24, 2.45) is 5.41 Å². The fraction of sp³-hybridized carbons (Fsp3) is 0.385. The van der Waals surface area contributed by atoms with Gasteiger partial charge in [-0.3, -0.25) is 19.4 Å². The quantitative estimate of drug-likeness (QED) is 0.270. The maximum Gasteiger partial charge on any atom is 0.410 e. The third-order valence-corrected chi connectivity index (χ3v) is 9.26. The summed E-state index contributed by atoms with van der Waals surface area (Å²) >= 11 is 0. The second-order valence-electron chi connectivity index (χ2n) is 14.0. The molecule has 2 aliphatic rings. The van der Waals surface area contributed by atoms with Crippen LogP contribution in [0.3, 0.4) is 0 Å². The minimum absolute atomic E-state index is 0.0549. The first-order chi connectivity index (χ1) is 24.3. The average Bonchev–Trinajstić information content (AvgIpc) is 3.72. The fourth-order valence-electron chi connectivity index (χ4n) is 6.14. The summed E-state index contributed by atoms with van der Waals surface area (Å²) in [7, 11) is 1.47. The molecule has 2 aliphatic heterocycles. The minimum atomic E-state index is -0.973. The Hall–Kier alpha value is -5.39. The molecule has 0 aliphatic carbocycles. The van der Waals surface area contributed by atoms with Crippen molar-refractivity contribution in [1.82, 2.24) is 25.3 Å². The molecule has 0 bridgehead atoms. The van der Waals surface area contributed by atoms with Gasteiger partial charge in [0.1, 0.15) is 42.9 Å². The number of carbonyl (C=O) groups excluding carboxylic acids is 4. The molecule has 0 spiro atoms. The van der Waals surface area contributed by atoms with E-state index in [1.54, 1.807) is 35.1 Å². The number of amides is 5. The molecule has 1 saturated heterocycles. The lowest BCUT2D eigenvalue weighted by Crippen LogP contribution is -2.59. The number of halogens is 1. The smallest absolute Gasteiger partial charge is 0.410 e. The molecule has 5 rings (SSSR count). The Morgan fingerprint density at radius 2 is 1.51 bits per heavy atom. The number of benzene rings is 3. The molecule has 51 heavy (non-hydrogen) atoms. The van der Waals surface area contributed by atoms with Crippen molar-refractivity contribution in [2.75, 3.05) is 13.6 Å². The second-order valence-corrected chi connectivity index (χ2v) is 14.0. The van der Waals surface area contributed by atoms with Gasteiger partial charge in [0.15, 0.2) is 0 Å². The van der Waals surface area contributed by atoms with E-state index in [2.05, 4.69) is 10.6 Å². The number of nitrogens with one attached hydrogen (secondary N) is 2. The number of likely N-dealkylation sites (N-methyl/N-ethyl adjacent to an activating group) is 1. The van der Waals surface area contributed by atoms with Gasteiger partial charge in [-0.25, -0.2) is 14.0 Å². The van der Waals surface area contributed by atoms with Gasteiger partial charge in [-0.2, -0.15) is 0 Å². The Morgan fingerprint density at radius 3 is 2.14 bits per heavy atom. The van der Waals surface area contributed by atoms with Gasteiger partial charge in [0.05, 0.1) is 6.04 Å². The lowest BCUT2D eigenvalue weighted by molar-refractivity contribution is -0.141. The lowest BCUT2D eigenvalue weighted by atomic mass is 9.85. The topological polar surface area (TPSA) is 121 Å². The van der Waals surface area contributed by atoms with Crippen LogP contribution < -0.4 is 10.6 Å². The summed E-state index contributed by atoms with van der Waals surface area (Å²) in [6.45, 7) is 7.92. The maximum absolute atomic E-state index is 14.5. The molecule has 4 unspecified atom stereocenters. The highest BCUT2D eigenvalue weighted by molar-refractivity contribution is 5.92. The number of hydrogen-bond acceptors (Lipinski definition) is 6. The number of hydrogen-bond donors (Lipinski definition) is 2. The Kier molecular flexibility index (Phi) is 11.6.